The summed E-state index contributed by atoms with van der Waals surface area (Å²) < 4.78 is 19.0. The van der Waals surface area contributed by atoms with Crippen LogP contribution in [0.1, 0.15) is 36.7 Å². The molecule has 2 aromatic carbocycles. The van der Waals surface area contributed by atoms with E-state index < -0.39 is 11.7 Å². The Morgan fingerprint density at radius 2 is 1.88 bits per heavy atom. The standard InChI is InChI=1S/C20H19FN2O3/c1-2-3-11-17(24)23-18-15-9-4-5-10-16(15)26-19(18)20(25)22-14-8-6-7-13(21)12-14/h4-10,12H,2-3,11H2,1H3,(H,22,25)(H,23,24). The highest BCUT2D eigenvalue weighted by atomic mass is 19.1. The molecule has 6 heteroatoms. The first-order valence-corrected chi connectivity index (χ1v) is 8.46. The van der Waals surface area contributed by atoms with Crippen LogP contribution in [0.25, 0.3) is 11.0 Å². The first kappa shape index (κ1) is 17.7. The normalized spacial score (nSPS) is 10.7. The molecule has 3 aromatic rings. The van der Waals surface area contributed by atoms with Crippen molar-refractivity contribution in [2.45, 2.75) is 26.2 Å². The lowest BCUT2D eigenvalue weighted by molar-refractivity contribution is -0.116. The Morgan fingerprint density at radius 1 is 1.08 bits per heavy atom. The first-order valence-electron chi connectivity index (χ1n) is 8.46. The van der Waals surface area contributed by atoms with Crippen molar-refractivity contribution in [2.24, 2.45) is 0 Å². The molecule has 0 atom stereocenters. The second-order valence-corrected chi connectivity index (χ2v) is 5.92. The Morgan fingerprint density at radius 3 is 2.65 bits per heavy atom. The highest BCUT2D eigenvalue weighted by Gasteiger charge is 2.22. The van der Waals surface area contributed by atoms with Crippen molar-refractivity contribution < 1.29 is 18.4 Å². The molecule has 2 amide bonds. The van der Waals surface area contributed by atoms with Crippen LogP contribution < -0.4 is 10.6 Å². The van der Waals surface area contributed by atoms with Crippen LogP contribution in [0, 0.1) is 5.82 Å². The van der Waals surface area contributed by atoms with E-state index in [1.54, 1.807) is 30.3 Å². The van der Waals surface area contributed by atoms with Gasteiger partial charge in [-0.25, -0.2) is 4.39 Å². The molecule has 134 valence electrons. The summed E-state index contributed by atoms with van der Waals surface area (Å²) in [6, 6.07) is 12.6. The number of hydrogen-bond donors (Lipinski definition) is 2. The van der Waals surface area contributed by atoms with Gasteiger partial charge in [-0.2, -0.15) is 0 Å². The number of rotatable bonds is 6. The monoisotopic (exact) mass is 354 g/mol. The van der Waals surface area contributed by atoms with E-state index in [0.717, 1.165) is 12.8 Å². The van der Waals surface area contributed by atoms with Crippen LogP contribution in [0.4, 0.5) is 15.8 Å². The van der Waals surface area contributed by atoms with E-state index in [1.165, 1.54) is 18.2 Å². The zero-order chi connectivity index (χ0) is 18.5. The molecule has 0 aliphatic heterocycles. The number of benzene rings is 2. The highest BCUT2D eigenvalue weighted by Crippen LogP contribution is 2.31. The van der Waals surface area contributed by atoms with E-state index in [0.29, 0.717) is 28.8 Å². The molecule has 0 spiro atoms. The van der Waals surface area contributed by atoms with Crippen LogP contribution in [0.2, 0.25) is 0 Å². The summed E-state index contributed by atoms with van der Waals surface area (Å²) in [5, 5.41) is 6.01. The van der Waals surface area contributed by atoms with Crippen molar-refractivity contribution in [3.05, 3.63) is 60.1 Å². The fourth-order valence-electron chi connectivity index (χ4n) is 2.62. The number of nitrogens with one attached hydrogen (secondary N) is 2. The summed E-state index contributed by atoms with van der Waals surface area (Å²) in [5.74, 6) is -1.21. The highest BCUT2D eigenvalue weighted by molar-refractivity contribution is 6.14. The SMILES string of the molecule is CCCCC(=O)Nc1c(C(=O)Nc2cccc(F)c2)oc2ccccc12. The van der Waals surface area contributed by atoms with Gasteiger partial charge in [-0.3, -0.25) is 9.59 Å². The third-order valence-electron chi connectivity index (χ3n) is 3.91. The molecule has 0 aliphatic rings. The molecule has 0 saturated heterocycles. The van der Waals surface area contributed by atoms with Crippen molar-refractivity contribution in [1.29, 1.82) is 0 Å². The van der Waals surface area contributed by atoms with Crippen LogP contribution in [-0.2, 0) is 4.79 Å². The van der Waals surface area contributed by atoms with Crippen LogP contribution >= 0.6 is 0 Å². The Balaban J connectivity index is 1.92. The predicted octanol–water partition coefficient (Wildman–Crippen LogP) is 4.95. The van der Waals surface area contributed by atoms with Crippen molar-refractivity contribution >= 4 is 34.2 Å². The van der Waals surface area contributed by atoms with Gasteiger partial charge in [-0.1, -0.05) is 31.5 Å². The second-order valence-electron chi connectivity index (χ2n) is 5.92. The molecule has 1 aromatic heterocycles. The van der Waals surface area contributed by atoms with E-state index in [2.05, 4.69) is 10.6 Å². The third-order valence-corrected chi connectivity index (χ3v) is 3.91. The molecule has 1 heterocycles. The van der Waals surface area contributed by atoms with Crippen LogP contribution in [-0.4, -0.2) is 11.8 Å². The number of anilines is 2. The summed E-state index contributed by atoms with van der Waals surface area (Å²) in [4.78, 5) is 24.8. The maximum Gasteiger partial charge on any atom is 0.293 e. The van der Waals surface area contributed by atoms with Crippen molar-refractivity contribution in [3.63, 3.8) is 0 Å². The van der Waals surface area contributed by atoms with Gasteiger partial charge in [-0.15, -0.1) is 0 Å². The fraction of sp³-hybridized carbons (Fsp3) is 0.200. The molecule has 0 saturated carbocycles. The lowest BCUT2D eigenvalue weighted by Crippen LogP contribution is -2.17. The lowest BCUT2D eigenvalue weighted by Gasteiger charge is -2.07. The summed E-state index contributed by atoms with van der Waals surface area (Å²) in [6.45, 7) is 2.00. The number of carbonyl (C=O) groups excluding carboxylic acids is 2. The smallest absolute Gasteiger partial charge is 0.293 e. The summed E-state index contributed by atoms with van der Waals surface area (Å²) >= 11 is 0. The predicted molar refractivity (Wildman–Crippen MR) is 98.7 cm³/mol. The van der Waals surface area contributed by atoms with Gasteiger partial charge in [-0.05, 0) is 36.8 Å². The van der Waals surface area contributed by atoms with Gasteiger partial charge in [0.1, 0.15) is 17.1 Å². The number of para-hydroxylation sites is 1. The van der Waals surface area contributed by atoms with Gasteiger partial charge < -0.3 is 15.1 Å². The minimum atomic E-state index is -0.558. The van der Waals surface area contributed by atoms with E-state index in [4.69, 9.17) is 4.42 Å². The number of unbranched alkanes of at least 4 members (excludes halogenated alkanes) is 1. The van der Waals surface area contributed by atoms with Gasteiger partial charge in [0.05, 0.1) is 0 Å². The molecule has 5 nitrogen and oxygen atoms in total. The number of halogens is 1. The molecular formula is C20H19FN2O3. The Hall–Kier alpha value is -3.15. The van der Waals surface area contributed by atoms with E-state index in [1.807, 2.05) is 6.92 Å². The minimum absolute atomic E-state index is 0.0136. The molecule has 0 aliphatic carbocycles. The van der Waals surface area contributed by atoms with Gasteiger partial charge >= 0.3 is 0 Å². The molecule has 0 fully saturated rings. The van der Waals surface area contributed by atoms with Gasteiger partial charge in [0.25, 0.3) is 5.91 Å². The Kier molecular flexibility index (Phi) is 5.31. The van der Waals surface area contributed by atoms with Crippen molar-refractivity contribution in [1.82, 2.24) is 0 Å². The van der Waals surface area contributed by atoms with Crippen LogP contribution in [0.15, 0.2) is 52.9 Å². The maximum atomic E-state index is 13.3. The number of fused-ring (bicyclic) bond motifs is 1. The summed E-state index contributed by atoms with van der Waals surface area (Å²) in [7, 11) is 0. The summed E-state index contributed by atoms with van der Waals surface area (Å²) in [6.07, 6.45) is 2.01. The molecule has 0 bridgehead atoms. The quantitative estimate of drug-likeness (QED) is 0.658. The average Bonchev–Trinajstić information content (AvgIpc) is 2.99. The Bertz CT molecular complexity index is 949. The molecule has 3 rings (SSSR count). The zero-order valence-corrected chi connectivity index (χ0v) is 14.3. The number of amides is 2. The third kappa shape index (κ3) is 3.91. The number of hydrogen-bond acceptors (Lipinski definition) is 3. The second kappa shape index (κ2) is 7.82. The van der Waals surface area contributed by atoms with Crippen LogP contribution in [0.3, 0.4) is 0 Å². The summed E-state index contributed by atoms with van der Waals surface area (Å²) in [5.41, 5.74) is 1.12. The Labute approximate surface area is 150 Å². The van der Waals surface area contributed by atoms with Crippen molar-refractivity contribution in [2.75, 3.05) is 10.6 Å². The molecule has 0 unspecified atom stereocenters. The molecule has 26 heavy (non-hydrogen) atoms. The fourth-order valence-corrected chi connectivity index (χ4v) is 2.62. The van der Waals surface area contributed by atoms with Crippen LogP contribution in [0.5, 0.6) is 0 Å². The number of furan rings is 1. The number of carbonyl (C=O) groups is 2. The van der Waals surface area contributed by atoms with Gasteiger partial charge in [0.15, 0.2) is 0 Å². The first-order chi connectivity index (χ1) is 12.6. The molecule has 2 N–H and O–H groups in total. The largest absolute Gasteiger partial charge is 0.449 e. The van der Waals surface area contributed by atoms with Gasteiger partial charge in [0.2, 0.25) is 11.7 Å². The van der Waals surface area contributed by atoms with E-state index >= 15 is 0 Å². The maximum absolute atomic E-state index is 13.3. The van der Waals surface area contributed by atoms with Gasteiger partial charge in [0, 0.05) is 17.5 Å². The molecular weight excluding hydrogens is 335 g/mol. The van der Waals surface area contributed by atoms with Crippen molar-refractivity contribution in [3.8, 4) is 0 Å². The topological polar surface area (TPSA) is 71.3 Å². The lowest BCUT2D eigenvalue weighted by atomic mass is 10.2. The van der Waals surface area contributed by atoms with E-state index in [9.17, 15) is 14.0 Å². The average molecular weight is 354 g/mol. The minimum Gasteiger partial charge on any atom is -0.449 e. The molecule has 0 radical (unpaired) electrons. The zero-order valence-electron chi connectivity index (χ0n) is 14.3. The van der Waals surface area contributed by atoms with E-state index in [-0.39, 0.29) is 11.7 Å².